The molecule has 4 aromatic rings. The van der Waals surface area contributed by atoms with E-state index in [0.717, 1.165) is 26.1 Å². The van der Waals surface area contributed by atoms with Crippen molar-refractivity contribution in [2.24, 2.45) is 18.4 Å². The minimum Gasteiger partial charge on any atom is -0.508 e. The highest BCUT2D eigenvalue weighted by Gasteiger charge is 2.62. The van der Waals surface area contributed by atoms with Crippen LogP contribution in [0.5, 0.6) is 5.75 Å². The molecule has 0 saturated carbocycles. The Bertz CT molecular complexity index is 1750. The first-order chi connectivity index (χ1) is 18.6. The fourth-order valence-corrected chi connectivity index (χ4v) is 7.78. The van der Waals surface area contributed by atoms with Crippen LogP contribution in [0.15, 0.2) is 66.8 Å². The van der Waals surface area contributed by atoms with Gasteiger partial charge in [-0.05, 0) is 72.7 Å². The molecule has 3 atom stereocenters. The van der Waals surface area contributed by atoms with Crippen LogP contribution in [-0.2, 0) is 16.6 Å². The first kappa shape index (κ1) is 25.9. The molecule has 2 aromatic carbocycles. The summed E-state index contributed by atoms with van der Waals surface area (Å²) < 4.78 is 2.68. The molecule has 3 unspecified atom stereocenters. The van der Waals surface area contributed by atoms with E-state index in [9.17, 15) is 14.7 Å². The van der Waals surface area contributed by atoms with E-state index in [1.807, 2.05) is 38.1 Å². The number of nitrogens with zero attached hydrogens (tertiary/aromatic N) is 3. The van der Waals surface area contributed by atoms with Crippen molar-refractivity contribution in [1.82, 2.24) is 9.78 Å². The molecule has 1 N–H and O–H groups in total. The molecule has 2 aromatic heterocycles. The summed E-state index contributed by atoms with van der Waals surface area (Å²) in [6.45, 7) is 7.82. The lowest BCUT2D eigenvalue weighted by Crippen LogP contribution is -2.42. The van der Waals surface area contributed by atoms with Crippen molar-refractivity contribution in [3.8, 4) is 16.3 Å². The number of aromatic nitrogens is 2. The Labute approximate surface area is 239 Å². The maximum Gasteiger partial charge on any atom is 0.242 e. The molecule has 2 aliphatic rings. The van der Waals surface area contributed by atoms with Crippen LogP contribution >= 0.6 is 34.5 Å². The van der Waals surface area contributed by atoms with Crippen LogP contribution in [0.4, 0.5) is 5.82 Å². The third-order valence-corrected chi connectivity index (χ3v) is 10.0. The average molecular weight is 579 g/mol. The molecule has 0 spiro atoms. The van der Waals surface area contributed by atoms with E-state index >= 15 is 0 Å². The second-order valence-electron chi connectivity index (χ2n) is 10.3. The SMILES string of the molecule is C=CC1=CCC2C(=O)N(c3cc(-c4sc5ccc(Cl)cc5c4C)nn3C)C(=O)C2(C)C1c1ccc(O)cc1Cl. The van der Waals surface area contributed by atoms with Crippen LogP contribution in [0.3, 0.4) is 0 Å². The molecule has 1 saturated heterocycles. The van der Waals surface area contributed by atoms with Crippen molar-refractivity contribution in [2.75, 3.05) is 4.90 Å². The number of anilines is 1. The maximum absolute atomic E-state index is 14.3. The van der Waals surface area contributed by atoms with Crippen molar-refractivity contribution in [1.29, 1.82) is 0 Å². The third kappa shape index (κ3) is 3.71. The van der Waals surface area contributed by atoms with E-state index in [2.05, 4.69) is 6.58 Å². The zero-order chi connectivity index (χ0) is 27.8. The van der Waals surface area contributed by atoms with Gasteiger partial charge < -0.3 is 5.11 Å². The molecule has 1 aliphatic carbocycles. The van der Waals surface area contributed by atoms with Gasteiger partial charge in [0.15, 0.2) is 0 Å². The van der Waals surface area contributed by atoms with Crippen molar-refractivity contribution in [3.63, 3.8) is 0 Å². The number of carbonyl (C=O) groups is 2. The Balaban J connectivity index is 1.45. The van der Waals surface area contributed by atoms with Crippen molar-refractivity contribution < 1.29 is 14.7 Å². The van der Waals surface area contributed by atoms with E-state index in [0.29, 0.717) is 33.5 Å². The number of fused-ring (bicyclic) bond motifs is 2. The van der Waals surface area contributed by atoms with Crippen LogP contribution in [0.25, 0.3) is 20.7 Å². The number of aryl methyl sites for hydroxylation is 2. The average Bonchev–Trinajstić information content (AvgIpc) is 3.49. The Morgan fingerprint density at radius 3 is 2.67 bits per heavy atom. The minimum absolute atomic E-state index is 0.0297. The lowest BCUT2D eigenvalue weighted by Gasteiger charge is -2.40. The highest BCUT2D eigenvalue weighted by Crippen LogP contribution is 2.58. The molecule has 0 bridgehead atoms. The number of allylic oxidation sites excluding steroid dienone is 3. The number of thiophene rings is 1. The normalized spacial score (nSPS) is 22.9. The molecule has 1 fully saturated rings. The topological polar surface area (TPSA) is 75.4 Å². The summed E-state index contributed by atoms with van der Waals surface area (Å²) in [6, 6.07) is 12.3. The number of phenolic OH excluding ortho intramolecular Hbond substituents is 1. The number of hydrogen-bond donors (Lipinski definition) is 1. The lowest BCUT2D eigenvalue weighted by atomic mass is 9.60. The highest BCUT2D eigenvalue weighted by molar-refractivity contribution is 7.22. The second kappa shape index (κ2) is 9.08. The van der Waals surface area contributed by atoms with Gasteiger partial charge in [-0.1, -0.05) is 48.0 Å². The van der Waals surface area contributed by atoms with Gasteiger partial charge in [0, 0.05) is 33.8 Å². The number of imide groups is 1. The summed E-state index contributed by atoms with van der Waals surface area (Å²) in [7, 11) is 1.74. The Morgan fingerprint density at radius 1 is 1.18 bits per heavy atom. The lowest BCUT2D eigenvalue weighted by molar-refractivity contribution is -0.127. The predicted octanol–water partition coefficient (Wildman–Crippen LogP) is 7.42. The molecule has 1 aliphatic heterocycles. The van der Waals surface area contributed by atoms with E-state index in [1.54, 1.807) is 47.3 Å². The van der Waals surface area contributed by atoms with Gasteiger partial charge >= 0.3 is 0 Å². The molecular formula is C30H25Cl2N3O3S. The van der Waals surface area contributed by atoms with Crippen LogP contribution in [-0.4, -0.2) is 26.7 Å². The number of amides is 2. The molecule has 6 nitrogen and oxygen atoms in total. The Hall–Kier alpha value is -3.39. The number of phenols is 1. The van der Waals surface area contributed by atoms with Gasteiger partial charge in [-0.3, -0.25) is 14.3 Å². The quantitative estimate of drug-likeness (QED) is 0.256. The number of hydrogen-bond acceptors (Lipinski definition) is 5. The van der Waals surface area contributed by atoms with Gasteiger partial charge in [0.1, 0.15) is 17.3 Å². The smallest absolute Gasteiger partial charge is 0.242 e. The minimum atomic E-state index is -1.11. The molecule has 3 heterocycles. The number of aromatic hydroxyl groups is 1. The number of benzene rings is 2. The number of rotatable bonds is 4. The summed E-state index contributed by atoms with van der Waals surface area (Å²) in [5, 5.41) is 16.7. The molecule has 6 rings (SSSR count). The van der Waals surface area contributed by atoms with Gasteiger partial charge in [0.05, 0.1) is 16.2 Å². The molecule has 0 radical (unpaired) electrons. The first-order valence-electron chi connectivity index (χ1n) is 12.5. The zero-order valence-electron chi connectivity index (χ0n) is 21.5. The van der Waals surface area contributed by atoms with Crippen LogP contribution in [0, 0.1) is 18.3 Å². The molecule has 9 heteroatoms. The zero-order valence-corrected chi connectivity index (χ0v) is 23.9. The van der Waals surface area contributed by atoms with E-state index in [-0.39, 0.29) is 17.6 Å². The summed E-state index contributed by atoms with van der Waals surface area (Å²) in [6.07, 6.45) is 4.09. The van der Waals surface area contributed by atoms with Crippen LogP contribution in [0.1, 0.15) is 30.4 Å². The monoisotopic (exact) mass is 577 g/mol. The van der Waals surface area contributed by atoms with E-state index < -0.39 is 17.3 Å². The van der Waals surface area contributed by atoms with Gasteiger partial charge in [0.25, 0.3) is 0 Å². The van der Waals surface area contributed by atoms with Gasteiger partial charge in [0.2, 0.25) is 11.8 Å². The molecule has 198 valence electrons. The van der Waals surface area contributed by atoms with E-state index in [4.69, 9.17) is 28.3 Å². The summed E-state index contributed by atoms with van der Waals surface area (Å²) in [4.78, 5) is 30.5. The molecular weight excluding hydrogens is 553 g/mol. The van der Waals surface area contributed by atoms with Crippen molar-refractivity contribution in [2.45, 2.75) is 26.2 Å². The largest absolute Gasteiger partial charge is 0.508 e. The highest BCUT2D eigenvalue weighted by atomic mass is 35.5. The van der Waals surface area contributed by atoms with Gasteiger partial charge in [-0.25, -0.2) is 4.90 Å². The fourth-order valence-electron chi connectivity index (χ4n) is 6.18. The molecule has 2 amide bonds. The molecule has 39 heavy (non-hydrogen) atoms. The van der Waals surface area contributed by atoms with Crippen molar-refractivity contribution >= 4 is 62.3 Å². The van der Waals surface area contributed by atoms with Gasteiger partial charge in [-0.2, -0.15) is 5.10 Å². The maximum atomic E-state index is 14.3. The Morgan fingerprint density at radius 2 is 1.95 bits per heavy atom. The van der Waals surface area contributed by atoms with Crippen LogP contribution in [0.2, 0.25) is 10.0 Å². The van der Waals surface area contributed by atoms with Crippen LogP contribution < -0.4 is 4.90 Å². The van der Waals surface area contributed by atoms with Gasteiger partial charge in [-0.15, -0.1) is 11.3 Å². The summed E-state index contributed by atoms with van der Waals surface area (Å²) in [5.74, 6) is -1.23. The first-order valence-corrected chi connectivity index (χ1v) is 14.1. The van der Waals surface area contributed by atoms with Crippen molar-refractivity contribution in [3.05, 3.63) is 87.9 Å². The standard InChI is InChI=1S/C30H25Cl2N3O3S/c1-5-16-6-10-21-28(37)35(29(38)30(21,3)26(16)19-9-8-18(36)13-22(19)32)25-14-23(33-34(25)4)27-15(2)20-12-17(31)7-11-24(20)39-27/h5-9,11-14,21,26,36H,1,10H2,2-4H3. The Kier molecular flexibility index (Phi) is 6.02. The second-order valence-corrected chi connectivity index (χ2v) is 12.2. The number of halogens is 2. The summed E-state index contributed by atoms with van der Waals surface area (Å²) in [5.41, 5.74) is 2.12. The van der Waals surface area contributed by atoms with E-state index in [1.165, 1.54) is 11.0 Å². The summed E-state index contributed by atoms with van der Waals surface area (Å²) >= 11 is 14.4. The third-order valence-electron chi connectivity index (χ3n) is 8.17. The predicted molar refractivity (Wildman–Crippen MR) is 157 cm³/mol. The number of carbonyl (C=O) groups excluding carboxylic acids is 2. The fraction of sp³-hybridized carbons (Fsp3) is 0.233.